The second kappa shape index (κ2) is 8.72. The van der Waals surface area contributed by atoms with Crippen LogP contribution in [0.25, 0.3) is 0 Å². The van der Waals surface area contributed by atoms with E-state index in [0.29, 0.717) is 43.9 Å². The molecule has 1 N–H and O–H groups in total. The van der Waals surface area contributed by atoms with E-state index in [1.165, 1.54) is 12.1 Å². The van der Waals surface area contributed by atoms with Gasteiger partial charge in [-0.3, -0.25) is 19.7 Å². The molecule has 0 bridgehead atoms. The highest BCUT2D eigenvalue weighted by Gasteiger charge is 2.23. The van der Waals surface area contributed by atoms with Crippen molar-refractivity contribution in [2.45, 2.75) is 20.3 Å². The van der Waals surface area contributed by atoms with Crippen LogP contribution in [0.15, 0.2) is 42.5 Å². The van der Waals surface area contributed by atoms with Crippen molar-refractivity contribution in [2.75, 3.05) is 36.4 Å². The molecule has 152 valence electrons. The number of amides is 2. The second-order valence-electron chi connectivity index (χ2n) is 6.90. The molecule has 2 aromatic rings. The molecule has 3 rings (SSSR count). The number of anilines is 2. The third kappa shape index (κ3) is 4.37. The first kappa shape index (κ1) is 20.3. The number of carbonyl (C=O) groups is 2. The lowest BCUT2D eigenvalue weighted by molar-refractivity contribution is -0.385. The highest BCUT2D eigenvalue weighted by Crippen LogP contribution is 2.28. The van der Waals surface area contributed by atoms with Gasteiger partial charge in [0.15, 0.2) is 0 Å². The maximum Gasteiger partial charge on any atom is 0.273 e. The number of para-hydroxylation sites is 2. The Kier molecular flexibility index (Phi) is 6.11. The SMILES string of the molecule is CCC(=O)N1CCN(c2ccccc2NC(=O)c2cccc([N+](=O)[O-])c2C)CC1. The van der Waals surface area contributed by atoms with Crippen LogP contribution >= 0.6 is 0 Å². The first-order chi connectivity index (χ1) is 13.9. The van der Waals surface area contributed by atoms with Gasteiger partial charge in [0.1, 0.15) is 0 Å². The van der Waals surface area contributed by atoms with Gasteiger partial charge in [0.2, 0.25) is 5.91 Å². The minimum atomic E-state index is -0.489. The van der Waals surface area contributed by atoms with Crippen LogP contribution in [0, 0.1) is 17.0 Å². The average molecular weight is 396 g/mol. The molecule has 1 aliphatic heterocycles. The number of nitro groups is 1. The molecule has 8 nitrogen and oxygen atoms in total. The number of carbonyl (C=O) groups excluding carboxylic acids is 2. The van der Waals surface area contributed by atoms with Crippen molar-refractivity contribution < 1.29 is 14.5 Å². The Morgan fingerprint density at radius 3 is 2.41 bits per heavy atom. The average Bonchev–Trinajstić information content (AvgIpc) is 2.73. The quantitative estimate of drug-likeness (QED) is 0.618. The van der Waals surface area contributed by atoms with Crippen molar-refractivity contribution in [3.05, 3.63) is 63.7 Å². The highest BCUT2D eigenvalue weighted by atomic mass is 16.6. The molecule has 0 saturated carbocycles. The Bertz CT molecular complexity index is 936. The Balaban J connectivity index is 1.78. The molecule has 0 radical (unpaired) electrons. The molecule has 0 aromatic heterocycles. The van der Waals surface area contributed by atoms with Gasteiger partial charge >= 0.3 is 0 Å². The summed E-state index contributed by atoms with van der Waals surface area (Å²) in [4.78, 5) is 39.4. The van der Waals surface area contributed by atoms with Crippen LogP contribution in [-0.4, -0.2) is 47.8 Å². The van der Waals surface area contributed by atoms with Crippen LogP contribution in [0.1, 0.15) is 29.3 Å². The van der Waals surface area contributed by atoms with E-state index < -0.39 is 10.8 Å². The first-order valence-electron chi connectivity index (χ1n) is 9.59. The molecule has 1 aliphatic rings. The number of nitrogens with one attached hydrogen (secondary N) is 1. The van der Waals surface area contributed by atoms with E-state index >= 15 is 0 Å². The third-order valence-electron chi connectivity index (χ3n) is 5.17. The maximum atomic E-state index is 12.8. The van der Waals surface area contributed by atoms with Gasteiger partial charge in [0.25, 0.3) is 11.6 Å². The summed E-state index contributed by atoms with van der Waals surface area (Å²) >= 11 is 0. The molecule has 1 heterocycles. The maximum absolute atomic E-state index is 12.8. The van der Waals surface area contributed by atoms with E-state index in [2.05, 4.69) is 10.2 Å². The third-order valence-corrected chi connectivity index (χ3v) is 5.17. The van der Waals surface area contributed by atoms with E-state index in [1.807, 2.05) is 36.1 Å². The van der Waals surface area contributed by atoms with Crippen molar-refractivity contribution >= 4 is 28.9 Å². The van der Waals surface area contributed by atoms with E-state index in [9.17, 15) is 19.7 Å². The number of nitrogens with zero attached hydrogens (tertiary/aromatic N) is 3. The van der Waals surface area contributed by atoms with E-state index in [-0.39, 0.29) is 17.2 Å². The van der Waals surface area contributed by atoms with Crippen LogP contribution < -0.4 is 10.2 Å². The molecule has 2 amide bonds. The molecule has 8 heteroatoms. The summed E-state index contributed by atoms with van der Waals surface area (Å²) in [5.41, 5.74) is 2.03. The van der Waals surface area contributed by atoms with Gasteiger partial charge in [-0.1, -0.05) is 25.1 Å². The Labute approximate surface area is 169 Å². The fourth-order valence-corrected chi connectivity index (χ4v) is 3.53. The van der Waals surface area contributed by atoms with Crippen molar-refractivity contribution in [2.24, 2.45) is 0 Å². The van der Waals surface area contributed by atoms with Crippen LogP contribution in [0.4, 0.5) is 17.1 Å². The molecule has 0 atom stereocenters. The molecule has 0 aliphatic carbocycles. The molecule has 2 aromatic carbocycles. The van der Waals surface area contributed by atoms with E-state index in [0.717, 1.165) is 5.69 Å². The summed E-state index contributed by atoms with van der Waals surface area (Å²) in [5.74, 6) is -0.245. The monoisotopic (exact) mass is 396 g/mol. The van der Waals surface area contributed by atoms with Crippen LogP contribution in [0.5, 0.6) is 0 Å². The topological polar surface area (TPSA) is 95.8 Å². The predicted octanol–water partition coefficient (Wildman–Crippen LogP) is 3.21. The molecular formula is C21H24N4O4. The van der Waals surface area contributed by atoms with Crippen LogP contribution in [0.2, 0.25) is 0 Å². The van der Waals surface area contributed by atoms with Gasteiger partial charge in [-0.05, 0) is 25.1 Å². The lowest BCUT2D eigenvalue weighted by atomic mass is 10.1. The summed E-state index contributed by atoms with van der Waals surface area (Å²) in [5, 5.41) is 14.0. The van der Waals surface area contributed by atoms with Crippen molar-refractivity contribution in [1.29, 1.82) is 0 Å². The summed E-state index contributed by atoms with van der Waals surface area (Å²) in [6.45, 7) is 6.05. The Hall–Kier alpha value is -3.42. The number of benzene rings is 2. The molecule has 1 fully saturated rings. The number of hydrogen-bond donors (Lipinski definition) is 1. The standard InChI is InChI=1S/C21H24N4O4/c1-3-20(26)24-13-11-23(12-14-24)19-9-5-4-8-17(19)22-21(27)16-7-6-10-18(15(16)2)25(28)29/h4-10H,3,11-14H2,1-2H3,(H,22,27). The minimum Gasteiger partial charge on any atom is -0.366 e. The van der Waals surface area contributed by atoms with Crippen LogP contribution in [-0.2, 0) is 4.79 Å². The highest BCUT2D eigenvalue weighted by molar-refractivity contribution is 6.07. The van der Waals surface area contributed by atoms with E-state index in [1.54, 1.807) is 13.0 Å². The van der Waals surface area contributed by atoms with Crippen LogP contribution in [0.3, 0.4) is 0 Å². The fourth-order valence-electron chi connectivity index (χ4n) is 3.53. The summed E-state index contributed by atoms with van der Waals surface area (Å²) in [7, 11) is 0. The fraction of sp³-hybridized carbons (Fsp3) is 0.333. The van der Waals surface area contributed by atoms with E-state index in [4.69, 9.17) is 0 Å². The smallest absolute Gasteiger partial charge is 0.273 e. The molecule has 29 heavy (non-hydrogen) atoms. The lowest BCUT2D eigenvalue weighted by Gasteiger charge is -2.36. The van der Waals surface area contributed by atoms with Crippen molar-refractivity contribution in [1.82, 2.24) is 4.90 Å². The zero-order valence-electron chi connectivity index (χ0n) is 16.6. The van der Waals surface area contributed by atoms with Gasteiger partial charge in [0, 0.05) is 49.8 Å². The molecule has 0 unspecified atom stereocenters. The molecule has 0 spiro atoms. The number of nitro benzene ring substituents is 1. The van der Waals surface area contributed by atoms with Gasteiger partial charge in [-0.15, -0.1) is 0 Å². The second-order valence-corrected chi connectivity index (χ2v) is 6.90. The zero-order valence-corrected chi connectivity index (χ0v) is 16.6. The summed E-state index contributed by atoms with van der Waals surface area (Å²) in [6.07, 6.45) is 0.495. The number of rotatable bonds is 5. The van der Waals surface area contributed by atoms with Crippen molar-refractivity contribution in [3.8, 4) is 0 Å². The number of piperazine rings is 1. The zero-order chi connectivity index (χ0) is 21.0. The normalized spacial score (nSPS) is 13.9. The largest absolute Gasteiger partial charge is 0.366 e. The van der Waals surface area contributed by atoms with Gasteiger partial charge < -0.3 is 15.1 Å². The molecular weight excluding hydrogens is 372 g/mol. The Morgan fingerprint density at radius 2 is 1.76 bits per heavy atom. The van der Waals surface area contributed by atoms with Gasteiger partial charge in [-0.2, -0.15) is 0 Å². The summed E-state index contributed by atoms with van der Waals surface area (Å²) < 4.78 is 0. The predicted molar refractivity (Wildman–Crippen MR) is 111 cm³/mol. The number of hydrogen-bond acceptors (Lipinski definition) is 5. The first-order valence-corrected chi connectivity index (χ1v) is 9.59. The van der Waals surface area contributed by atoms with Gasteiger partial charge in [0.05, 0.1) is 16.3 Å². The Morgan fingerprint density at radius 1 is 1.07 bits per heavy atom. The lowest BCUT2D eigenvalue weighted by Crippen LogP contribution is -2.48. The van der Waals surface area contributed by atoms with Crippen molar-refractivity contribution in [3.63, 3.8) is 0 Å². The summed E-state index contributed by atoms with van der Waals surface area (Å²) in [6, 6.07) is 11.9. The minimum absolute atomic E-state index is 0.0809. The molecule has 1 saturated heterocycles. The van der Waals surface area contributed by atoms with Gasteiger partial charge in [-0.25, -0.2) is 0 Å².